The summed E-state index contributed by atoms with van der Waals surface area (Å²) >= 11 is 0. The summed E-state index contributed by atoms with van der Waals surface area (Å²) in [5.41, 5.74) is 5.81. The van der Waals surface area contributed by atoms with Gasteiger partial charge in [0.15, 0.2) is 0 Å². The van der Waals surface area contributed by atoms with Gasteiger partial charge in [-0.2, -0.15) is 0 Å². The van der Waals surface area contributed by atoms with E-state index in [9.17, 15) is 4.79 Å². The van der Waals surface area contributed by atoms with E-state index >= 15 is 0 Å². The summed E-state index contributed by atoms with van der Waals surface area (Å²) in [6, 6.07) is 0. The van der Waals surface area contributed by atoms with E-state index < -0.39 is 6.09 Å². The van der Waals surface area contributed by atoms with E-state index in [-0.39, 0.29) is 5.54 Å². The third-order valence-corrected chi connectivity index (χ3v) is 2.68. The van der Waals surface area contributed by atoms with Gasteiger partial charge < -0.3 is 15.7 Å². The van der Waals surface area contributed by atoms with Crippen LogP contribution in [0.15, 0.2) is 0 Å². The molecule has 1 fully saturated rings. The molecule has 0 radical (unpaired) electrons. The fourth-order valence-electron chi connectivity index (χ4n) is 1.79. The Kier molecular flexibility index (Phi) is 3.14. The molecule has 1 heterocycles. The summed E-state index contributed by atoms with van der Waals surface area (Å²) in [5.74, 6) is 0. The minimum Gasteiger partial charge on any atom is -0.465 e. The number of unbranched alkanes of at least 4 members (excludes halogenated alkanes) is 1. The SMILES string of the molecule is CCCC[C@]1(N)CCN(C(=O)O)C1. The van der Waals surface area contributed by atoms with Gasteiger partial charge >= 0.3 is 6.09 Å². The minimum absolute atomic E-state index is 0.256. The Morgan fingerprint density at radius 3 is 2.85 bits per heavy atom. The first kappa shape index (κ1) is 10.3. The number of amides is 1. The molecule has 3 N–H and O–H groups in total. The number of carbonyl (C=O) groups is 1. The summed E-state index contributed by atoms with van der Waals surface area (Å²) in [5, 5.41) is 8.74. The molecule has 1 aliphatic rings. The van der Waals surface area contributed by atoms with Gasteiger partial charge in [0.25, 0.3) is 0 Å². The molecule has 0 aromatic heterocycles. The first-order chi connectivity index (χ1) is 6.07. The molecule has 0 aromatic rings. The van der Waals surface area contributed by atoms with Crippen LogP contribution in [0.3, 0.4) is 0 Å². The molecule has 1 saturated heterocycles. The van der Waals surface area contributed by atoms with Gasteiger partial charge in [-0.05, 0) is 12.8 Å². The second kappa shape index (κ2) is 3.96. The fourth-order valence-corrected chi connectivity index (χ4v) is 1.79. The van der Waals surface area contributed by atoms with Crippen molar-refractivity contribution in [2.75, 3.05) is 13.1 Å². The zero-order chi connectivity index (χ0) is 9.90. The highest BCUT2D eigenvalue weighted by Gasteiger charge is 2.35. The third kappa shape index (κ3) is 2.59. The van der Waals surface area contributed by atoms with Crippen molar-refractivity contribution >= 4 is 6.09 Å². The van der Waals surface area contributed by atoms with Gasteiger partial charge in [-0.3, -0.25) is 0 Å². The second-order valence-electron chi connectivity index (χ2n) is 3.92. The molecule has 4 nitrogen and oxygen atoms in total. The van der Waals surface area contributed by atoms with Crippen LogP contribution in [0.5, 0.6) is 0 Å². The van der Waals surface area contributed by atoms with Crippen molar-refractivity contribution in [2.45, 2.75) is 38.1 Å². The molecule has 1 amide bonds. The minimum atomic E-state index is -0.844. The van der Waals surface area contributed by atoms with Crippen LogP contribution in [0.1, 0.15) is 32.6 Å². The standard InChI is InChI=1S/C9H18N2O2/c1-2-3-4-9(10)5-6-11(7-9)8(12)13/h2-7,10H2,1H3,(H,12,13)/t9-/m0/s1. The van der Waals surface area contributed by atoms with Crippen molar-refractivity contribution in [1.82, 2.24) is 4.90 Å². The zero-order valence-corrected chi connectivity index (χ0v) is 8.12. The van der Waals surface area contributed by atoms with E-state index in [1.165, 1.54) is 4.90 Å². The van der Waals surface area contributed by atoms with E-state index in [0.29, 0.717) is 13.1 Å². The molecule has 1 atom stereocenters. The largest absolute Gasteiger partial charge is 0.465 e. The highest BCUT2D eigenvalue weighted by atomic mass is 16.4. The van der Waals surface area contributed by atoms with Crippen LogP contribution in [0.4, 0.5) is 4.79 Å². The highest BCUT2D eigenvalue weighted by molar-refractivity contribution is 5.65. The van der Waals surface area contributed by atoms with Crippen LogP contribution in [-0.4, -0.2) is 34.7 Å². The Morgan fingerprint density at radius 1 is 1.69 bits per heavy atom. The first-order valence-electron chi connectivity index (χ1n) is 4.84. The van der Waals surface area contributed by atoms with E-state index in [2.05, 4.69) is 6.92 Å². The number of carboxylic acid groups (broad SMARTS) is 1. The number of rotatable bonds is 3. The van der Waals surface area contributed by atoms with Gasteiger partial charge in [0.1, 0.15) is 0 Å². The van der Waals surface area contributed by atoms with Gasteiger partial charge in [0.05, 0.1) is 0 Å². The molecule has 0 saturated carbocycles. The quantitative estimate of drug-likeness (QED) is 0.697. The van der Waals surface area contributed by atoms with Crippen molar-refractivity contribution in [3.05, 3.63) is 0 Å². The molecule has 0 bridgehead atoms. The molecule has 0 unspecified atom stereocenters. The lowest BCUT2D eigenvalue weighted by Gasteiger charge is -2.23. The van der Waals surface area contributed by atoms with Gasteiger partial charge in [-0.1, -0.05) is 19.8 Å². The summed E-state index contributed by atoms with van der Waals surface area (Å²) < 4.78 is 0. The predicted octanol–water partition coefficient (Wildman–Crippen LogP) is 1.26. The van der Waals surface area contributed by atoms with Crippen molar-refractivity contribution in [1.29, 1.82) is 0 Å². The van der Waals surface area contributed by atoms with Crippen LogP contribution in [0.25, 0.3) is 0 Å². The number of likely N-dealkylation sites (tertiary alicyclic amines) is 1. The van der Waals surface area contributed by atoms with Crippen LogP contribution in [-0.2, 0) is 0 Å². The first-order valence-corrected chi connectivity index (χ1v) is 4.84. The van der Waals surface area contributed by atoms with Crippen LogP contribution < -0.4 is 5.73 Å². The summed E-state index contributed by atoms with van der Waals surface area (Å²) in [6.07, 6.45) is 3.10. The Balaban J connectivity index is 2.41. The molecule has 4 heteroatoms. The third-order valence-electron chi connectivity index (χ3n) is 2.68. The lowest BCUT2D eigenvalue weighted by molar-refractivity contribution is 0.152. The zero-order valence-electron chi connectivity index (χ0n) is 8.12. The van der Waals surface area contributed by atoms with Gasteiger partial charge in [-0.15, -0.1) is 0 Å². The molecular formula is C9H18N2O2. The number of hydrogen-bond donors (Lipinski definition) is 2. The van der Waals surface area contributed by atoms with Crippen LogP contribution in [0, 0.1) is 0 Å². The normalized spacial score (nSPS) is 28.0. The van der Waals surface area contributed by atoms with Crippen molar-refractivity contribution in [3.63, 3.8) is 0 Å². The maximum atomic E-state index is 10.6. The van der Waals surface area contributed by atoms with E-state index in [0.717, 1.165) is 25.7 Å². The molecular weight excluding hydrogens is 168 g/mol. The molecule has 76 valence electrons. The maximum absolute atomic E-state index is 10.6. The van der Waals surface area contributed by atoms with Gasteiger partial charge in [0.2, 0.25) is 0 Å². The Hall–Kier alpha value is -0.770. The van der Waals surface area contributed by atoms with E-state index in [1.807, 2.05) is 0 Å². The molecule has 0 spiro atoms. The monoisotopic (exact) mass is 186 g/mol. The number of hydrogen-bond acceptors (Lipinski definition) is 2. The molecule has 0 aliphatic carbocycles. The van der Waals surface area contributed by atoms with Crippen molar-refractivity contribution < 1.29 is 9.90 Å². The Morgan fingerprint density at radius 2 is 2.38 bits per heavy atom. The molecule has 0 aromatic carbocycles. The Bertz CT molecular complexity index is 196. The van der Waals surface area contributed by atoms with Gasteiger partial charge in [-0.25, -0.2) is 4.79 Å². The van der Waals surface area contributed by atoms with E-state index in [1.54, 1.807) is 0 Å². The lowest BCUT2D eigenvalue weighted by atomic mass is 9.93. The molecule has 1 rings (SSSR count). The van der Waals surface area contributed by atoms with E-state index in [4.69, 9.17) is 10.8 Å². The second-order valence-corrected chi connectivity index (χ2v) is 3.92. The summed E-state index contributed by atoms with van der Waals surface area (Å²) in [6.45, 7) is 3.21. The maximum Gasteiger partial charge on any atom is 0.407 e. The Labute approximate surface area is 78.7 Å². The number of nitrogens with two attached hydrogens (primary N) is 1. The fraction of sp³-hybridized carbons (Fsp3) is 0.889. The summed E-state index contributed by atoms with van der Waals surface area (Å²) in [7, 11) is 0. The molecule has 13 heavy (non-hydrogen) atoms. The topological polar surface area (TPSA) is 66.6 Å². The lowest BCUT2D eigenvalue weighted by Crippen LogP contribution is -2.43. The smallest absolute Gasteiger partial charge is 0.407 e. The highest BCUT2D eigenvalue weighted by Crippen LogP contribution is 2.23. The average Bonchev–Trinajstić information content (AvgIpc) is 2.46. The van der Waals surface area contributed by atoms with Crippen molar-refractivity contribution in [3.8, 4) is 0 Å². The average molecular weight is 186 g/mol. The van der Waals surface area contributed by atoms with Crippen molar-refractivity contribution in [2.24, 2.45) is 5.73 Å². The van der Waals surface area contributed by atoms with Gasteiger partial charge in [0, 0.05) is 18.6 Å². The predicted molar refractivity (Wildman–Crippen MR) is 50.7 cm³/mol. The van der Waals surface area contributed by atoms with Crippen LogP contribution >= 0.6 is 0 Å². The number of nitrogens with zero attached hydrogens (tertiary/aromatic N) is 1. The molecule has 1 aliphatic heterocycles. The van der Waals surface area contributed by atoms with Crippen LogP contribution in [0.2, 0.25) is 0 Å². The summed E-state index contributed by atoms with van der Waals surface area (Å²) in [4.78, 5) is 12.0.